The number of methoxy groups -OCH3 is 1. The first kappa shape index (κ1) is 21.2. The molecule has 2 rings (SSSR count). The first-order chi connectivity index (χ1) is 12.2. The monoisotopic (exact) mass is 384 g/mol. The summed E-state index contributed by atoms with van der Waals surface area (Å²) in [4.78, 5) is 2.61. The predicted octanol–water partition coefficient (Wildman–Crippen LogP) is 2.03. The Morgan fingerprint density at radius 3 is 2.50 bits per heavy atom. The van der Waals surface area contributed by atoms with E-state index in [2.05, 4.69) is 18.7 Å². The fraction of sp³-hybridized carbons (Fsp3) is 0.684. The van der Waals surface area contributed by atoms with Gasteiger partial charge in [0.05, 0.1) is 12.0 Å². The molecule has 1 fully saturated rings. The van der Waals surface area contributed by atoms with Gasteiger partial charge < -0.3 is 9.84 Å². The van der Waals surface area contributed by atoms with Gasteiger partial charge in [0.1, 0.15) is 5.75 Å². The predicted molar refractivity (Wildman–Crippen MR) is 103 cm³/mol. The molecule has 1 unspecified atom stereocenters. The number of ether oxygens (including phenoxy) is 1. The molecule has 0 aromatic heterocycles. The molecule has 0 amide bonds. The first-order valence-electron chi connectivity index (χ1n) is 9.21. The maximum Gasteiger partial charge on any atom is 0.243 e. The van der Waals surface area contributed by atoms with Crippen molar-refractivity contribution in [2.24, 2.45) is 5.92 Å². The highest BCUT2D eigenvalue weighted by molar-refractivity contribution is 7.89. The minimum absolute atomic E-state index is 0.0403. The van der Waals surface area contributed by atoms with E-state index in [-0.39, 0.29) is 12.6 Å². The largest absolute Gasteiger partial charge is 0.496 e. The van der Waals surface area contributed by atoms with Gasteiger partial charge in [0.2, 0.25) is 10.0 Å². The molecule has 26 heavy (non-hydrogen) atoms. The normalized spacial score (nSPS) is 19.9. The Hall–Kier alpha value is -1.15. The van der Waals surface area contributed by atoms with Crippen LogP contribution >= 0.6 is 0 Å². The Morgan fingerprint density at radius 2 is 1.92 bits per heavy atom. The molecule has 0 radical (unpaired) electrons. The van der Waals surface area contributed by atoms with Crippen molar-refractivity contribution in [3.63, 3.8) is 0 Å². The minimum atomic E-state index is -3.60. The van der Waals surface area contributed by atoms with Crippen molar-refractivity contribution in [3.05, 3.63) is 23.3 Å². The molecule has 6 nitrogen and oxygen atoms in total. The molecule has 1 aliphatic rings. The summed E-state index contributed by atoms with van der Waals surface area (Å²) in [5, 5.41) is 9.41. The number of hydrogen-bond donors (Lipinski definition) is 1. The van der Waals surface area contributed by atoms with Gasteiger partial charge in [0.15, 0.2) is 0 Å². The van der Waals surface area contributed by atoms with Gasteiger partial charge in [-0.3, -0.25) is 4.90 Å². The third-order valence-corrected chi connectivity index (χ3v) is 6.95. The van der Waals surface area contributed by atoms with E-state index in [4.69, 9.17) is 4.74 Å². The Kier molecular flexibility index (Phi) is 7.07. The second kappa shape index (κ2) is 8.69. The zero-order valence-corrected chi connectivity index (χ0v) is 17.3. The number of hydrogen-bond acceptors (Lipinski definition) is 5. The number of aliphatic hydroxyl groups is 1. The van der Waals surface area contributed by atoms with Crippen LogP contribution in [0.4, 0.5) is 0 Å². The van der Waals surface area contributed by atoms with E-state index in [0.717, 1.165) is 17.7 Å². The fourth-order valence-electron chi connectivity index (χ4n) is 3.67. The van der Waals surface area contributed by atoms with Gasteiger partial charge in [-0.15, -0.1) is 0 Å². The van der Waals surface area contributed by atoms with Crippen LogP contribution in [0.15, 0.2) is 17.0 Å². The van der Waals surface area contributed by atoms with Gasteiger partial charge in [0.25, 0.3) is 0 Å². The van der Waals surface area contributed by atoms with Crippen molar-refractivity contribution in [3.8, 4) is 5.75 Å². The lowest BCUT2D eigenvalue weighted by Gasteiger charge is -2.41. The van der Waals surface area contributed by atoms with Crippen molar-refractivity contribution >= 4 is 10.0 Å². The van der Waals surface area contributed by atoms with E-state index < -0.39 is 10.0 Å². The van der Waals surface area contributed by atoms with Gasteiger partial charge >= 0.3 is 0 Å². The summed E-state index contributed by atoms with van der Waals surface area (Å²) in [6.07, 6.45) is 0.578. The van der Waals surface area contributed by atoms with Crippen LogP contribution in [0.1, 0.15) is 31.4 Å². The smallest absolute Gasteiger partial charge is 0.243 e. The Morgan fingerprint density at radius 1 is 1.23 bits per heavy atom. The third-order valence-electron chi connectivity index (χ3n) is 4.94. The van der Waals surface area contributed by atoms with Gasteiger partial charge in [-0.2, -0.15) is 4.31 Å². The molecule has 0 bridgehead atoms. The molecule has 1 heterocycles. The van der Waals surface area contributed by atoms with Crippen molar-refractivity contribution in [2.45, 2.75) is 45.1 Å². The van der Waals surface area contributed by atoms with E-state index in [1.54, 1.807) is 17.5 Å². The van der Waals surface area contributed by atoms with E-state index in [1.807, 2.05) is 19.9 Å². The van der Waals surface area contributed by atoms with Crippen LogP contribution in [-0.4, -0.2) is 68.7 Å². The zero-order chi connectivity index (χ0) is 19.5. The second-order valence-corrected chi connectivity index (χ2v) is 9.41. The summed E-state index contributed by atoms with van der Waals surface area (Å²) in [5.74, 6) is 1.09. The summed E-state index contributed by atoms with van der Waals surface area (Å²) in [7, 11) is -2.05. The SMILES string of the molecule is COc1cc(S(=O)(=O)N2CCN(CC(C)C)C(CCO)C2)c(C)cc1C. The standard InChI is InChI=1S/C19H32N2O4S/c1-14(2)12-20-7-8-21(13-17(20)6-9-22)26(23,24)19-11-18(25-5)15(3)10-16(19)4/h10-11,14,17,22H,6-9,12-13H2,1-5H3. The summed E-state index contributed by atoms with van der Waals surface area (Å²) >= 11 is 0. The molecule has 148 valence electrons. The lowest BCUT2D eigenvalue weighted by Crippen LogP contribution is -2.55. The molecule has 1 N–H and O–H groups in total. The number of nitrogens with zero attached hydrogens (tertiary/aromatic N) is 2. The van der Waals surface area contributed by atoms with Crippen LogP contribution < -0.4 is 4.74 Å². The maximum atomic E-state index is 13.3. The third kappa shape index (κ3) is 4.57. The summed E-state index contributed by atoms with van der Waals surface area (Å²) in [6, 6.07) is 3.52. The van der Waals surface area contributed by atoms with Crippen LogP contribution in [0.5, 0.6) is 5.75 Å². The van der Waals surface area contributed by atoms with Crippen LogP contribution in [0.3, 0.4) is 0 Å². The number of benzene rings is 1. The van der Waals surface area contributed by atoms with Crippen molar-refractivity contribution < 1.29 is 18.3 Å². The lowest BCUT2D eigenvalue weighted by molar-refractivity contribution is 0.0853. The minimum Gasteiger partial charge on any atom is -0.496 e. The van der Waals surface area contributed by atoms with E-state index in [0.29, 0.717) is 42.6 Å². The van der Waals surface area contributed by atoms with Crippen LogP contribution in [0.25, 0.3) is 0 Å². The van der Waals surface area contributed by atoms with E-state index >= 15 is 0 Å². The average Bonchev–Trinajstić information content (AvgIpc) is 2.56. The molecule has 1 atom stereocenters. The van der Waals surface area contributed by atoms with Crippen molar-refractivity contribution in [1.82, 2.24) is 9.21 Å². The highest BCUT2D eigenvalue weighted by Crippen LogP contribution is 2.29. The van der Waals surface area contributed by atoms with Crippen LogP contribution in [-0.2, 0) is 10.0 Å². The molecule has 0 aliphatic carbocycles. The topological polar surface area (TPSA) is 70.1 Å². The Bertz CT molecular complexity index is 718. The summed E-state index contributed by atoms with van der Waals surface area (Å²) in [5.41, 5.74) is 1.65. The molecule has 1 aromatic carbocycles. The highest BCUT2D eigenvalue weighted by Gasteiger charge is 2.35. The summed E-state index contributed by atoms with van der Waals surface area (Å²) in [6.45, 7) is 10.6. The number of aliphatic hydroxyl groups excluding tert-OH is 1. The van der Waals surface area contributed by atoms with Crippen LogP contribution in [0.2, 0.25) is 0 Å². The van der Waals surface area contributed by atoms with Gasteiger partial charge in [-0.1, -0.05) is 19.9 Å². The van der Waals surface area contributed by atoms with E-state index in [1.165, 1.54) is 0 Å². The number of rotatable bonds is 7. The van der Waals surface area contributed by atoms with Crippen molar-refractivity contribution in [1.29, 1.82) is 0 Å². The quantitative estimate of drug-likeness (QED) is 0.779. The second-order valence-electron chi connectivity index (χ2n) is 7.51. The molecule has 0 spiro atoms. The molecule has 1 aromatic rings. The lowest BCUT2D eigenvalue weighted by atomic mass is 10.1. The fourth-order valence-corrected chi connectivity index (χ4v) is 5.36. The number of sulfonamides is 1. The van der Waals surface area contributed by atoms with Crippen molar-refractivity contribution in [2.75, 3.05) is 39.9 Å². The molecule has 7 heteroatoms. The number of aryl methyl sites for hydroxylation is 2. The maximum absolute atomic E-state index is 13.3. The molecule has 1 aliphatic heterocycles. The van der Waals surface area contributed by atoms with Gasteiger partial charge in [-0.25, -0.2) is 8.42 Å². The zero-order valence-electron chi connectivity index (χ0n) is 16.5. The molecular formula is C19H32N2O4S. The molecule has 0 saturated carbocycles. The highest BCUT2D eigenvalue weighted by atomic mass is 32.2. The summed E-state index contributed by atoms with van der Waals surface area (Å²) < 4.78 is 33.4. The Balaban J connectivity index is 2.30. The van der Waals surface area contributed by atoms with E-state index in [9.17, 15) is 13.5 Å². The Labute approximate surface area is 157 Å². The number of piperazine rings is 1. The first-order valence-corrected chi connectivity index (χ1v) is 10.6. The average molecular weight is 385 g/mol. The molecule has 1 saturated heterocycles. The van der Waals surface area contributed by atoms with Gasteiger partial charge in [-0.05, 0) is 37.3 Å². The van der Waals surface area contributed by atoms with Crippen LogP contribution in [0, 0.1) is 19.8 Å². The van der Waals surface area contributed by atoms with Gasteiger partial charge in [0, 0.05) is 44.9 Å². The molecular weight excluding hydrogens is 352 g/mol.